The summed E-state index contributed by atoms with van der Waals surface area (Å²) in [5.41, 5.74) is 4.25. The second-order valence-corrected chi connectivity index (χ2v) is 6.08. The Labute approximate surface area is 136 Å². The molecule has 1 aromatic heterocycles. The molecule has 0 unspecified atom stereocenters. The van der Waals surface area contributed by atoms with Crippen LogP contribution in [0.15, 0.2) is 48.0 Å². The fourth-order valence-electron chi connectivity index (χ4n) is 2.45. The largest absolute Gasteiger partial charge is 0.292 e. The molecule has 0 radical (unpaired) electrons. The van der Waals surface area contributed by atoms with Crippen molar-refractivity contribution in [1.82, 2.24) is 4.98 Å². The first-order valence-electron chi connectivity index (χ1n) is 7.02. The number of benzene rings is 2. The van der Waals surface area contributed by atoms with Crippen LogP contribution in [0.25, 0.3) is 10.4 Å². The molecular formula is C18H13F2NOS. The summed E-state index contributed by atoms with van der Waals surface area (Å²) < 4.78 is 26.5. The first kappa shape index (κ1) is 15.5. The number of carbonyl (C=O) groups is 1. The fourth-order valence-corrected chi connectivity index (χ4v) is 3.34. The Hall–Kier alpha value is -2.40. The van der Waals surface area contributed by atoms with E-state index in [1.165, 1.54) is 23.5 Å². The fraction of sp³-hybridized carbons (Fsp3) is 0.111. The Morgan fingerprint density at radius 2 is 1.83 bits per heavy atom. The Kier molecular flexibility index (Phi) is 4.30. The van der Waals surface area contributed by atoms with Gasteiger partial charge in [0.25, 0.3) is 0 Å². The molecule has 0 atom stereocenters. The van der Waals surface area contributed by atoms with Gasteiger partial charge in [0.15, 0.2) is 5.78 Å². The van der Waals surface area contributed by atoms with E-state index in [0.29, 0.717) is 11.3 Å². The van der Waals surface area contributed by atoms with Gasteiger partial charge in [-0.3, -0.25) is 4.79 Å². The van der Waals surface area contributed by atoms with Gasteiger partial charge in [-0.15, -0.1) is 11.3 Å². The van der Waals surface area contributed by atoms with E-state index in [4.69, 9.17) is 0 Å². The summed E-state index contributed by atoms with van der Waals surface area (Å²) in [5, 5.41) is 0. The van der Waals surface area contributed by atoms with Crippen molar-refractivity contribution in [2.24, 2.45) is 0 Å². The number of rotatable bonds is 4. The van der Waals surface area contributed by atoms with Gasteiger partial charge in [-0.05, 0) is 35.7 Å². The van der Waals surface area contributed by atoms with Gasteiger partial charge in [-0.25, -0.2) is 13.8 Å². The van der Waals surface area contributed by atoms with Crippen LogP contribution in [0.3, 0.4) is 0 Å². The van der Waals surface area contributed by atoms with Gasteiger partial charge in [0.2, 0.25) is 0 Å². The lowest BCUT2D eigenvalue weighted by molar-refractivity contribution is 0.0989. The molecule has 2 aromatic carbocycles. The smallest absolute Gasteiger partial charge is 0.187 e. The Morgan fingerprint density at radius 1 is 1.13 bits per heavy atom. The minimum atomic E-state index is -0.690. The molecule has 116 valence electrons. The number of Topliss-reactive ketones (excluding diaryl/α,β-unsaturated/α-hetero) is 1. The summed E-state index contributed by atoms with van der Waals surface area (Å²) >= 11 is 1.38. The second-order valence-electron chi connectivity index (χ2n) is 5.22. The molecule has 0 bridgehead atoms. The van der Waals surface area contributed by atoms with Crippen LogP contribution in [-0.2, 0) is 6.42 Å². The lowest BCUT2D eigenvalue weighted by atomic mass is 10.0. The zero-order chi connectivity index (χ0) is 16.4. The van der Waals surface area contributed by atoms with Crippen LogP contribution in [0.5, 0.6) is 0 Å². The molecule has 3 aromatic rings. The minimum absolute atomic E-state index is 0.0860. The molecular weight excluding hydrogens is 316 g/mol. The van der Waals surface area contributed by atoms with Crippen molar-refractivity contribution < 1.29 is 13.6 Å². The van der Waals surface area contributed by atoms with Crippen molar-refractivity contribution in [3.63, 3.8) is 0 Å². The maximum absolute atomic E-state index is 13.3. The van der Waals surface area contributed by atoms with Crippen molar-refractivity contribution in [2.45, 2.75) is 13.3 Å². The summed E-state index contributed by atoms with van der Waals surface area (Å²) in [7, 11) is 0. The van der Waals surface area contributed by atoms with Crippen molar-refractivity contribution >= 4 is 17.1 Å². The van der Waals surface area contributed by atoms with Crippen LogP contribution in [0.1, 0.15) is 21.6 Å². The van der Waals surface area contributed by atoms with E-state index in [1.54, 1.807) is 5.51 Å². The molecule has 0 N–H and O–H groups in total. The standard InChI is InChI=1S/C18H13F2NOS/c1-11-4-2-3-5-15(11)18-17(21-10-23-18)16(22)8-12-6-13(19)9-14(20)7-12/h2-7,9-10H,8H2,1H3. The van der Waals surface area contributed by atoms with E-state index >= 15 is 0 Å². The first-order valence-corrected chi connectivity index (χ1v) is 7.90. The molecule has 0 aliphatic rings. The Bertz CT molecular complexity index is 853. The molecule has 1 heterocycles. The lowest BCUT2D eigenvalue weighted by Gasteiger charge is -2.06. The van der Waals surface area contributed by atoms with Gasteiger partial charge < -0.3 is 0 Å². The first-order chi connectivity index (χ1) is 11.0. The van der Waals surface area contributed by atoms with Gasteiger partial charge in [0.05, 0.1) is 10.4 Å². The molecule has 23 heavy (non-hydrogen) atoms. The van der Waals surface area contributed by atoms with Crippen molar-refractivity contribution in [2.75, 3.05) is 0 Å². The highest BCUT2D eigenvalue weighted by atomic mass is 32.1. The molecule has 0 amide bonds. The van der Waals surface area contributed by atoms with Crippen molar-refractivity contribution in [3.8, 4) is 10.4 Å². The summed E-state index contributed by atoms with van der Waals surface area (Å²) in [6.45, 7) is 1.96. The SMILES string of the molecule is Cc1ccccc1-c1scnc1C(=O)Cc1cc(F)cc(F)c1. The quantitative estimate of drug-likeness (QED) is 0.642. The normalized spacial score (nSPS) is 10.7. The van der Waals surface area contributed by atoms with Crippen LogP contribution in [0.2, 0.25) is 0 Å². The summed E-state index contributed by atoms with van der Waals surface area (Å²) in [6.07, 6.45) is -0.0860. The van der Waals surface area contributed by atoms with Gasteiger partial charge in [0.1, 0.15) is 17.3 Å². The number of hydrogen-bond acceptors (Lipinski definition) is 3. The Morgan fingerprint density at radius 3 is 2.52 bits per heavy atom. The van der Waals surface area contributed by atoms with E-state index in [9.17, 15) is 13.6 Å². The second kappa shape index (κ2) is 6.38. The number of nitrogens with zero attached hydrogens (tertiary/aromatic N) is 1. The maximum atomic E-state index is 13.3. The Balaban J connectivity index is 1.93. The molecule has 0 aliphatic heterocycles. The van der Waals surface area contributed by atoms with Crippen LogP contribution in [-0.4, -0.2) is 10.8 Å². The third kappa shape index (κ3) is 3.35. The number of carbonyl (C=O) groups excluding carboxylic acids is 1. The van der Waals surface area contributed by atoms with E-state index < -0.39 is 11.6 Å². The van der Waals surface area contributed by atoms with E-state index in [0.717, 1.165) is 22.1 Å². The highest BCUT2D eigenvalue weighted by Gasteiger charge is 2.18. The predicted molar refractivity (Wildman–Crippen MR) is 86.7 cm³/mol. The summed E-state index contributed by atoms with van der Waals surface area (Å²) in [6, 6.07) is 10.8. The van der Waals surface area contributed by atoms with Gasteiger partial charge >= 0.3 is 0 Å². The minimum Gasteiger partial charge on any atom is -0.292 e. The highest BCUT2D eigenvalue weighted by Crippen LogP contribution is 2.31. The third-order valence-corrected chi connectivity index (χ3v) is 4.37. The number of thiazole rings is 1. The van der Waals surface area contributed by atoms with Crippen LogP contribution in [0.4, 0.5) is 8.78 Å². The molecule has 0 aliphatic carbocycles. The molecule has 0 fully saturated rings. The summed E-state index contributed by atoms with van der Waals surface area (Å²) in [5.74, 6) is -1.63. The van der Waals surface area contributed by atoms with Crippen molar-refractivity contribution in [1.29, 1.82) is 0 Å². The van der Waals surface area contributed by atoms with Gasteiger partial charge in [0, 0.05) is 12.5 Å². The molecule has 0 saturated heterocycles. The van der Waals surface area contributed by atoms with Crippen LogP contribution < -0.4 is 0 Å². The van der Waals surface area contributed by atoms with E-state index in [2.05, 4.69) is 4.98 Å². The highest BCUT2D eigenvalue weighted by molar-refractivity contribution is 7.13. The average Bonchev–Trinajstić information content (AvgIpc) is 2.96. The topological polar surface area (TPSA) is 30.0 Å². The molecule has 2 nitrogen and oxygen atoms in total. The van der Waals surface area contributed by atoms with E-state index in [1.807, 2.05) is 31.2 Å². The third-order valence-electron chi connectivity index (χ3n) is 3.51. The molecule has 3 rings (SSSR count). The number of hydrogen-bond donors (Lipinski definition) is 0. The van der Waals surface area contributed by atoms with Crippen LogP contribution in [0, 0.1) is 18.6 Å². The van der Waals surface area contributed by atoms with Gasteiger partial charge in [-0.2, -0.15) is 0 Å². The molecule has 0 saturated carbocycles. The zero-order valence-corrected chi connectivity index (χ0v) is 13.2. The van der Waals surface area contributed by atoms with E-state index in [-0.39, 0.29) is 12.2 Å². The lowest BCUT2D eigenvalue weighted by Crippen LogP contribution is -2.06. The molecule has 5 heteroatoms. The van der Waals surface area contributed by atoms with Gasteiger partial charge in [-0.1, -0.05) is 24.3 Å². The zero-order valence-electron chi connectivity index (χ0n) is 12.3. The predicted octanol–water partition coefficient (Wildman–Crippen LogP) is 4.82. The number of ketones is 1. The number of aromatic nitrogens is 1. The summed E-state index contributed by atoms with van der Waals surface area (Å²) in [4.78, 5) is 17.4. The van der Waals surface area contributed by atoms with Crippen molar-refractivity contribution in [3.05, 3.63) is 76.4 Å². The maximum Gasteiger partial charge on any atom is 0.187 e. The van der Waals surface area contributed by atoms with Crippen LogP contribution >= 0.6 is 11.3 Å². The number of halogens is 2. The monoisotopic (exact) mass is 329 g/mol. The molecule has 0 spiro atoms. The average molecular weight is 329 g/mol. The number of aryl methyl sites for hydroxylation is 1.